The molecule has 3 aromatic rings. The van der Waals surface area contributed by atoms with Gasteiger partial charge in [0, 0.05) is 24.1 Å². The van der Waals surface area contributed by atoms with E-state index in [4.69, 9.17) is 11.5 Å². The van der Waals surface area contributed by atoms with Crippen molar-refractivity contribution in [1.29, 1.82) is 0 Å². The van der Waals surface area contributed by atoms with Crippen LogP contribution in [0, 0.1) is 0 Å². The minimum Gasteiger partial charge on any atom is -0.387 e. The van der Waals surface area contributed by atoms with Crippen LogP contribution in [0.3, 0.4) is 0 Å². The van der Waals surface area contributed by atoms with Crippen LogP contribution in [-0.2, 0) is 0 Å². The molecule has 0 saturated carbocycles. The zero-order valence-corrected chi connectivity index (χ0v) is 12.6. The smallest absolute Gasteiger partial charge is 0.183 e. The van der Waals surface area contributed by atoms with Crippen LogP contribution in [-0.4, -0.2) is 28.3 Å². The molecule has 0 spiro atoms. The third kappa shape index (κ3) is 3.61. The summed E-state index contributed by atoms with van der Waals surface area (Å²) in [7, 11) is 0. The number of nitrogens with two attached hydrogens (primary N) is 2. The van der Waals surface area contributed by atoms with Crippen LogP contribution >= 0.6 is 0 Å². The SMILES string of the molecule is NCC(CC(N)=Nc1n[nH]c2ccccc12)=Nc1ccccc1. The van der Waals surface area contributed by atoms with E-state index in [0.29, 0.717) is 24.6 Å². The first-order valence-electron chi connectivity index (χ1n) is 7.34. The molecule has 0 unspecified atom stereocenters. The fourth-order valence-electron chi connectivity index (χ4n) is 2.26. The standard InChI is InChI=1S/C17H18N6/c18-11-13(20-12-6-2-1-3-7-12)10-16(19)21-17-14-8-4-5-9-15(14)22-23-17/h1-9H,10-11,18H2,(H3,19,21,22,23). The van der Waals surface area contributed by atoms with E-state index in [0.717, 1.165) is 22.3 Å². The number of aromatic amines is 1. The molecule has 1 heterocycles. The number of aromatic nitrogens is 2. The Morgan fingerprint density at radius 3 is 2.52 bits per heavy atom. The van der Waals surface area contributed by atoms with E-state index in [1.165, 1.54) is 0 Å². The van der Waals surface area contributed by atoms with Crippen LogP contribution < -0.4 is 11.5 Å². The molecule has 0 fully saturated rings. The van der Waals surface area contributed by atoms with Gasteiger partial charge >= 0.3 is 0 Å². The summed E-state index contributed by atoms with van der Waals surface area (Å²) in [6, 6.07) is 17.4. The monoisotopic (exact) mass is 306 g/mol. The van der Waals surface area contributed by atoms with Gasteiger partial charge in [-0.3, -0.25) is 10.1 Å². The molecular formula is C17H18N6. The van der Waals surface area contributed by atoms with Crippen molar-refractivity contribution in [3.63, 3.8) is 0 Å². The average Bonchev–Trinajstić information content (AvgIpc) is 2.98. The van der Waals surface area contributed by atoms with Gasteiger partial charge < -0.3 is 11.5 Å². The fraction of sp³-hybridized carbons (Fsp3) is 0.118. The van der Waals surface area contributed by atoms with Crippen LogP contribution in [0.5, 0.6) is 0 Å². The summed E-state index contributed by atoms with van der Waals surface area (Å²) in [4.78, 5) is 8.90. The maximum absolute atomic E-state index is 6.05. The molecule has 0 saturated heterocycles. The number of aliphatic imine (C=N–C) groups is 2. The van der Waals surface area contributed by atoms with Gasteiger partial charge in [-0.1, -0.05) is 30.3 Å². The van der Waals surface area contributed by atoms with Gasteiger partial charge in [0.05, 0.1) is 11.2 Å². The van der Waals surface area contributed by atoms with Crippen molar-refractivity contribution >= 4 is 34.0 Å². The van der Waals surface area contributed by atoms with E-state index in [2.05, 4.69) is 20.2 Å². The van der Waals surface area contributed by atoms with Crippen molar-refractivity contribution < 1.29 is 0 Å². The third-order valence-corrected chi connectivity index (χ3v) is 3.36. The van der Waals surface area contributed by atoms with Gasteiger partial charge in [0.1, 0.15) is 5.84 Å². The molecular weight excluding hydrogens is 288 g/mol. The summed E-state index contributed by atoms with van der Waals surface area (Å²) >= 11 is 0. The van der Waals surface area contributed by atoms with E-state index in [1.807, 2.05) is 54.6 Å². The second kappa shape index (κ2) is 6.85. The van der Waals surface area contributed by atoms with Crippen LogP contribution in [0.15, 0.2) is 64.6 Å². The van der Waals surface area contributed by atoms with Gasteiger partial charge in [0.15, 0.2) is 5.82 Å². The number of benzene rings is 2. The number of para-hydroxylation sites is 2. The largest absolute Gasteiger partial charge is 0.387 e. The zero-order valence-electron chi connectivity index (χ0n) is 12.6. The molecule has 0 radical (unpaired) electrons. The summed E-state index contributed by atoms with van der Waals surface area (Å²) in [5.41, 5.74) is 14.4. The Balaban J connectivity index is 1.82. The van der Waals surface area contributed by atoms with Crippen molar-refractivity contribution in [2.45, 2.75) is 6.42 Å². The first kappa shape index (κ1) is 14.9. The predicted octanol–water partition coefficient (Wildman–Crippen LogP) is 2.67. The highest BCUT2D eigenvalue weighted by Gasteiger charge is 2.06. The lowest BCUT2D eigenvalue weighted by Crippen LogP contribution is -2.22. The molecule has 23 heavy (non-hydrogen) atoms. The minimum atomic E-state index is 0.326. The molecule has 2 aromatic carbocycles. The molecule has 0 atom stereocenters. The van der Waals surface area contributed by atoms with Gasteiger partial charge in [0.2, 0.25) is 0 Å². The maximum atomic E-state index is 6.05. The Kier molecular flexibility index (Phi) is 4.44. The van der Waals surface area contributed by atoms with Gasteiger partial charge in [-0.25, -0.2) is 4.99 Å². The second-order valence-corrected chi connectivity index (χ2v) is 5.09. The van der Waals surface area contributed by atoms with Gasteiger partial charge in [-0.15, -0.1) is 0 Å². The number of fused-ring (bicyclic) bond motifs is 1. The topological polar surface area (TPSA) is 105 Å². The number of H-pyrrole nitrogens is 1. The molecule has 0 aliphatic heterocycles. The molecule has 0 bridgehead atoms. The Morgan fingerprint density at radius 1 is 1.00 bits per heavy atom. The molecule has 0 aliphatic carbocycles. The Labute approximate surface area is 133 Å². The van der Waals surface area contributed by atoms with Crippen molar-refractivity contribution in [3.8, 4) is 0 Å². The lowest BCUT2D eigenvalue weighted by molar-refractivity contribution is 1.10. The van der Waals surface area contributed by atoms with Crippen LogP contribution in [0.25, 0.3) is 10.9 Å². The van der Waals surface area contributed by atoms with E-state index in [-0.39, 0.29) is 0 Å². The summed E-state index contributed by atoms with van der Waals surface area (Å²) in [6.07, 6.45) is 0.409. The van der Waals surface area contributed by atoms with E-state index in [1.54, 1.807) is 0 Å². The molecule has 1 aromatic heterocycles. The average molecular weight is 306 g/mol. The van der Waals surface area contributed by atoms with E-state index < -0.39 is 0 Å². The first-order valence-corrected chi connectivity index (χ1v) is 7.34. The predicted molar refractivity (Wildman–Crippen MR) is 94.6 cm³/mol. The number of hydrogen-bond donors (Lipinski definition) is 3. The number of amidine groups is 1. The highest BCUT2D eigenvalue weighted by molar-refractivity contribution is 6.06. The summed E-state index contributed by atoms with van der Waals surface area (Å²) in [5, 5.41) is 8.06. The lowest BCUT2D eigenvalue weighted by atomic mass is 10.2. The molecule has 0 amide bonds. The Hall–Kier alpha value is -2.99. The highest BCUT2D eigenvalue weighted by atomic mass is 15.2. The number of rotatable bonds is 5. The first-order chi connectivity index (χ1) is 11.3. The molecule has 6 heteroatoms. The van der Waals surface area contributed by atoms with Gasteiger partial charge in [-0.2, -0.15) is 5.10 Å². The highest BCUT2D eigenvalue weighted by Crippen LogP contribution is 2.22. The molecule has 116 valence electrons. The van der Waals surface area contributed by atoms with Crippen molar-refractivity contribution in [2.75, 3.05) is 6.54 Å². The Bertz CT molecular complexity index is 848. The van der Waals surface area contributed by atoms with Crippen LogP contribution in [0.4, 0.5) is 11.5 Å². The van der Waals surface area contributed by atoms with Gasteiger partial charge in [0.25, 0.3) is 0 Å². The second-order valence-electron chi connectivity index (χ2n) is 5.09. The Morgan fingerprint density at radius 2 is 1.74 bits per heavy atom. The van der Waals surface area contributed by atoms with Crippen LogP contribution in [0.2, 0.25) is 0 Å². The fourth-order valence-corrected chi connectivity index (χ4v) is 2.26. The minimum absolute atomic E-state index is 0.326. The van der Waals surface area contributed by atoms with Crippen LogP contribution in [0.1, 0.15) is 6.42 Å². The number of nitrogens with one attached hydrogen (secondary N) is 1. The van der Waals surface area contributed by atoms with Crippen molar-refractivity contribution in [1.82, 2.24) is 10.2 Å². The quantitative estimate of drug-likeness (QED) is 0.498. The molecule has 3 rings (SSSR count). The number of hydrogen-bond acceptors (Lipinski definition) is 4. The van der Waals surface area contributed by atoms with E-state index in [9.17, 15) is 0 Å². The normalized spacial score (nSPS) is 12.7. The molecule has 6 nitrogen and oxygen atoms in total. The van der Waals surface area contributed by atoms with Gasteiger partial charge in [-0.05, 0) is 24.3 Å². The van der Waals surface area contributed by atoms with E-state index >= 15 is 0 Å². The third-order valence-electron chi connectivity index (χ3n) is 3.36. The summed E-state index contributed by atoms with van der Waals surface area (Å²) in [5.74, 6) is 1.01. The molecule has 5 N–H and O–H groups in total. The molecule has 0 aliphatic rings. The van der Waals surface area contributed by atoms with Crippen molar-refractivity contribution in [2.24, 2.45) is 21.5 Å². The number of nitrogens with zero attached hydrogens (tertiary/aromatic N) is 3. The maximum Gasteiger partial charge on any atom is 0.183 e. The zero-order chi connectivity index (χ0) is 16.1. The lowest BCUT2D eigenvalue weighted by Gasteiger charge is -2.04. The summed E-state index contributed by atoms with van der Waals surface area (Å²) < 4.78 is 0. The van der Waals surface area contributed by atoms with Crippen molar-refractivity contribution in [3.05, 3.63) is 54.6 Å². The summed E-state index contributed by atoms with van der Waals surface area (Å²) in [6.45, 7) is 0.326.